The summed E-state index contributed by atoms with van der Waals surface area (Å²) in [5.74, 6) is -0.0542. The largest absolute Gasteiger partial charge is 0.284 e. The number of nitrogens with zero attached hydrogens (tertiary/aromatic N) is 2. The molecule has 0 bridgehead atoms. The second-order valence-corrected chi connectivity index (χ2v) is 11.7. The lowest BCUT2D eigenvalue weighted by atomic mass is 9.99. The molecule has 1 atom stereocenters. The van der Waals surface area contributed by atoms with Crippen LogP contribution >= 0.6 is 11.6 Å². The van der Waals surface area contributed by atoms with Gasteiger partial charge >= 0.3 is 0 Å². The molecular formula is C23H22ClN3O4S2. The Bertz CT molecular complexity index is 1390. The lowest BCUT2D eigenvalue weighted by Gasteiger charge is -2.23. The zero-order chi connectivity index (χ0) is 23.6. The molecule has 0 unspecified atom stereocenters. The Kier molecular flexibility index (Phi) is 6.47. The number of hydrazone groups is 1. The van der Waals surface area contributed by atoms with E-state index in [0.717, 1.165) is 9.98 Å². The first-order chi connectivity index (χ1) is 15.7. The molecule has 1 aliphatic rings. The van der Waals surface area contributed by atoms with E-state index in [1.807, 2.05) is 30.3 Å². The van der Waals surface area contributed by atoms with Gasteiger partial charge in [-0.1, -0.05) is 54.1 Å². The van der Waals surface area contributed by atoms with Crippen molar-refractivity contribution in [1.29, 1.82) is 0 Å². The fraction of sp³-hybridized carbons (Fsp3) is 0.174. The quantitative estimate of drug-likeness (QED) is 0.508. The molecule has 33 heavy (non-hydrogen) atoms. The van der Waals surface area contributed by atoms with Gasteiger partial charge in [-0.15, -0.1) is 0 Å². The van der Waals surface area contributed by atoms with Gasteiger partial charge in [-0.3, -0.25) is 4.72 Å². The van der Waals surface area contributed by atoms with E-state index in [-0.39, 0.29) is 10.6 Å². The van der Waals surface area contributed by atoms with Crippen molar-refractivity contribution >= 4 is 43.0 Å². The fourth-order valence-corrected chi connectivity index (χ4v) is 5.73. The van der Waals surface area contributed by atoms with Gasteiger partial charge in [-0.25, -0.2) is 8.42 Å². The highest BCUT2D eigenvalue weighted by molar-refractivity contribution is 7.92. The highest BCUT2D eigenvalue weighted by Gasteiger charge is 2.37. The number of hydrogen-bond acceptors (Lipinski definition) is 5. The van der Waals surface area contributed by atoms with E-state index in [4.69, 9.17) is 11.6 Å². The summed E-state index contributed by atoms with van der Waals surface area (Å²) in [5.41, 5.74) is 2.38. The number of benzene rings is 3. The van der Waals surface area contributed by atoms with Crippen molar-refractivity contribution in [2.45, 2.75) is 24.3 Å². The number of nitrogens with one attached hydrogen (secondary N) is 1. The van der Waals surface area contributed by atoms with E-state index in [2.05, 4.69) is 9.82 Å². The zero-order valence-electron chi connectivity index (χ0n) is 17.7. The summed E-state index contributed by atoms with van der Waals surface area (Å²) in [6.07, 6.45) is 0.334. The monoisotopic (exact) mass is 503 g/mol. The van der Waals surface area contributed by atoms with Crippen LogP contribution in [0.3, 0.4) is 0 Å². The van der Waals surface area contributed by atoms with Crippen LogP contribution < -0.4 is 4.72 Å². The molecule has 0 aliphatic carbocycles. The van der Waals surface area contributed by atoms with Gasteiger partial charge in [0.2, 0.25) is 10.0 Å². The molecule has 172 valence electrons. The van der Waals surface area contributed by atoms with Crippen LogP contribution in [0.4, 0.5) is 5.69 Å². The third-order valence-corrected chi connectivity index (χ3v) is 8.52. The summed E-state index contributed by atoms with van der Waals surface area (Å²) in [5, 5.41) is 4.93. The van der Waals surface area contributed by atoms with Crippen LogP contribution in [0.2, 0.25) is 5.02 Å². The van der Waals surface area contributed by atoms with Crippen LogP contribution in [0.15, 0.2) is 88.9 Å². The standard InChI is InChI=1S/C23H22ClN3O4S2/c1-2-32(28,29)26-20-10-6-9-18(15-20)22-16-23(17-7-4-3-5-8-17)27(25-22)33(30,31)21-13-11-19(24)12-14-21/h3-15,23,26H,2,16H2,1H3/t23-/m0/s1. The summed E-state index contributed by atoms with van der Waals surface area (Å²) in [6, 6.07) is 21.5. The van der Waals surface area contributed by atoms with Gasteiger partial charge in [0.25, 0.3) is 10.0 Å². The maximum absolute atomic E-state index is 13.5. The maximum Gasteiger partial charge on any atom is 0.279 e. The average molecular weight is 504 g/mol. The van der Waals surface area contributed by atoms with Crippen molar-refractivity contribution in [1.82, 2.24) is 4.41 Å². The van der Waals surface area contributed by atoms with Gasteiger partial charge in [-0.2, -0.15) is 17.9 Å². The second kappa shape index (κ2) is 9.17. The summed E-state index contributed by atoms with van der Waals surface area (Å²) in [7, 11) is -7.41. The molecule has 0 spiro atoms. The summed E-state index contributed by atoms with van der Waals surface area (Å²) >= 11 is 5.94. The third kappa shape index (κ3) is 5.05. The molecule has 1 N–H and O–H groups in total. The van der Waals surface area contributed by atoms with E-state index < -0.39 is 26.1 Å². The smallest absolute Gasteiger partial charge is 0.279 e. The molecule has 1 aliphatic heterocycles. The minimum atomic E-state index is -3.96. The van der Waals surface area contributed by atoms with Crippen molar-refractivity contribution in [3.8, 4) is 0 Å². The SMILES string of the molecule is CCS(=O)(=O)Nc1cccc(C2=NN(S(=O)(=O)c3ccc(Cl)cc3)[C@H](c3ccccc3)C2)c1. The molecule has 0 amide bonds. The topological polar surface area (TPSA) is 95.9 Å². The highest BCUT2D eigenvalue weighted by atomic mass is 35.5. The molecule has 3 aromatic carbocycles. The van der Waals surface area contributed by atoms with Crippen molar-refractivity contribution in [3.05, 3.63) is 95.0 Å². The number of anilines is 1. The van der Waals surface area contributed by atoms with Gasteiger partial charge in [0, 0.05) is 17.1 Å². The van der Waals surface area contributed by atoms with E-state index in [0.29, 0.717) is 28.4 Å². The number of hydrogen-bond donors (Lipinski definition) is 1. The van der Waals surface area contributed by atoms with Gasteiger partial charge in [0.1, 0.15) is 0 Å². The molecule has 0 radical (unpaired) electrons. The number of sulfonamides is 2. The van der Waals surface area contributed by atoms with E-state index in [1.54, 1.807) is 31.2 Å². The van der Waals surface area contributed by atoms with Crippen molar-refractivity contribution in [2.75, 3.05) is 10.5 Å². The number of rotatable bonds is 7. The molecular weight excluding hydrogens is 482 g/mol. The van der Waals surface area contributed by atoms with Crippen LogP contribution in [-0.2, 0) is 20.0 Å². The first kappa shape index (κ1) is 23.3. The minimum absolute atomic E-state index is 0.0542. The van der Waals surface area contributed by atoms with E-state index >= 15 is 0 Å². The maximum atomic E-state index is 13.5. The Balaban J connectivity index is 1.75. The Morgan fingerprint density at radius 2 is 1.67 bits per heavy atom. The van der Waals surface area contributed by atoms with Crippen LogP contribution in [0.5, 0.6) is 0 Å². The van der Waals surface area contributed by atoms with Crippen LogP contribution in [0.1, 0.15) is 30.5 Å². The first-order valence-corrected chi connectivity index (χ1v) is 13.7. The predicted molar refractivity (Wildman–Crippen MR) is 130 cm³/mol. The van der Waals surface area contributed by atoms with Crippen LogP contribution in [-0.4, -0.2) is 32.7 Å². The Labute approximate surface area is 198 Å². The molecule has 10 heteroatoms. The molecule has 0 saturated carbocycles. The highest BCUT2D eigenvalue weighted by Crippen LogP contribution is 2.37. The molecule has 0 saturated heterocycles. The van der Waals surface area contributed by atoms with Gasteiger partial charge in [0.05, 0.1) is 22.4 Å². The van der Waals surface area contributed by atoms with Gasteiger partial charge in [0.15, 0.2) is 0 Å². The lowest BCUT2D eigenvalue weighted by Crippen LogP contribution is -2.27. The predicted octanol–water partition coefficient (Wildman–Crippen LogP) is 4.64. The summed E-state index contributed by atoms with van der Waals surface area (Å²) < 4.78 is 54.5. The normalized spacial score (nSPS) is 16.5. The molecule has 1 heterocycles. The minimum Gasteiger partial charge on any atom is -0.284 e. The summed E-state index contributed by atoms with van der Waals surface area (Å²) in [6.45, 7) is 1.55. The van der Waals surface area contributed by atoms with Crippen molar-refractivity contribution in [3.63, 3.8) is 0 Å². The van der Waals surface area contributed by atoms with E-state index in [9.17, 15) is 16.8 Å². The zero-order valence-corrected chi connectivity index (χ0v) is 20.1. The Morgan fingerprint density at radius 3 is 2.33 bits per heavy atom. The molecule has 0 fully saturated rings. The van der Waals surface area contributed by atoms with Gasteiger partial charge in [-0.05, 0) is 54.4 Å². The molecule has 7 nitrogen and oxygen atoms in total. The molecule has 3 aromatic rings. The van der Waals surface area contributed by atoms with Crippen LogP contribution in [0, 0.1) is 0 Å². The lowest BCUT2D eigenvalue weighted by molar-refractivity contribution is 0.371. The van der Waals surface area contributed by atoms with Crippen molar-refractivity contribution in [2.24, 2.45) is 5.10 Å². The second-order valence-electron chi connectivity index (χ2n) is 7.50. The average Bonchev–Trinajstić information content (AvgIpc) is 3.26. The van der Waals surface area contributed by atoms with Crippen LogP contribution in [0.25, 0.3) is 0 Å². The fourth-order valence-electron chi connectivity index (χ4n) is 3.54. The molecule has 4 rings (SSSR count). The van der Waals surface area contributed by atoms with E-state index in [1.165, 1.54) is 24.3 Å². The number of halogens is 1. The first-order valence-electron chi connectivity index (χ1n) is 10.2. The Morgan fingerprint density at radius 1 is 0.970 bits per heavy atom. The van der Waals surface area contributed by atoms with Crippen molar-refractivity contribution < 1.29 is 16.8 Å². The molecule has 0 aromatic heterocycles. The third-order valence-electron chi connectivity index (χ3n) is 5.26. The Hall–Kier alpha value is -2.88. The summed E-state index contributed by atoms with van der Waals surface area (Å²) in [4.78, 5) is 0.0855. The van der Waals surface area contributed by atoms with Gasteiger partial charge < -0.3 is 0 Å².